The lowest BCUT2D eigenvalue weighted by Gasteiger charge is -1.99. The van der Waals surface area contributed by atoms with Crippen molar-refractivity contribution < 1.29 is 4.79 Å². The van der Waals surface area contributed by atoms with Crippen LogP contribution in [-0.4, -0.2) is 34.2 Å². The molecule has 0 aliphatic rings. The van der Waals surface area contributed by atoms with Gasteiger partial charge >= 0.3 is 0 Å². The fourth-order valence-electron chi connectivity index (χ4n) is 0.631. The quantitative estimate of drug-likeness (QED) is 0.688. The number of amides is 1. The van der Waals surface area contributed by atoms with Crippen molar-refractivity contribution in [2.24, 2.45) is 5.73 Å². The first kappa shape index (κ1) is 10.4. The number of carbonyl (C=O) groups is 1. The number of carbonyl (C=O) groups excluding carboxylic acids is 1. The number of hydrogen-bond acceptors (Lipinski definition) is 6. The van der Waals surface area contributed by atoms with Crippen LogP contribution < -0.4 is 11.1 Å². The second kappa shape index (κ2) is 5.90. The molecule has 0 radical (unpaired) electrons. The predicted octanol–water partition coefficient (Wildman–Crippen LogP) is 0.168. The summed E-state index contributed by atoms with van der Waals surface area (Å²) < 4.78 is 0. The van der Waals surface area contributed by atoms with Gasteiger partial charge in [0.15, 0.2) is 0 Å². The molecule has 0 aliphatic carbocycles. The van der Waals surface area contributed by atoms with Gasteiger partial charge in [-0.15, -0.1) is 10.2 Å². The first-order chi connectivity index (χ1) is 6.33. The Bertz CT molecular complexity index is 251. The Morgan fingerprint density at radius 1 is 1.77 bits per heavy atom. The molecule has 1 amide bonds. The Balaban J connectivity index is 2.18. The number of nitrogens with one attached hydrogen (secondary N) is 1. The van der Waals surface area contributed by atoms with Gasteiger partial charge in [0.05, 0.1) is 5.75 Å². The molecule has 13 heavy (non-hydrogen) atoms. The molecule has 0 saturated carbocycles. The molecule has 0 saturated heterocycles. The number of aromatic nitrogens is 2. The van der Waals surface area contributed by atoms with E-state index in [0.29, 0.717) is 17.4 Å². The summed E-state index contributed by atoms with van der Waals surface area (Å²) in [5.41, 5.74) is 6.85. The summed E-state index contributed by atoms with van der Waals surface area (Å²) in [5.74, 6) is 1.15. The molecule has 0 fully saturated rings. The lowest BCUT2D eigenvalue weighted by atomic mass is 10.7. The van der Waals surface area contributed by atoms with Crippen molar-refractivity contribution in [1.29, 1.82) is 0 Å². The smallest absolute Gasteiger partial charge is 0.236 e. The Morgan fingerprint density at radius 2 is 2.62 bits per heavy atom. The van der Waals surface area contributed by atoms with Crippen molar-refractivity contribution in [3.63, 3.8) is 0 Å². The van der Waals surface area contributed by atoms with Crippen molar-refractivity contribution in [2.45, 2.75) is 0 Å². The minimum Gasteiger partial charge on any atom is -0.330 e. The molecule has 5 nitrogen and oxygen atoms in total. The van der Waals surface area contributed by atoms with Crippen LogP contribution in [0.2, 0.25) is 0 Å². The molecule has 3 N–H and O–H groups in total. The molecule has 1 aromatic heterocycles. The molecule has 1 rings (SSSR count). The van der Waals surface area contributed by atoms with E-state index in [-0.39, 0.29) is 5.91 Å². The largest absolute Gasteiger partial charge is 0.330 e. The van der Waals surface area contributed by atoms with Crippen LogP contribution in [0.1, 0.15) is 0 Å². The number of thioether (sulfide) groups is 1. The van der Waals surface area contributed by atoms with Crippen molar-refractivity contribution in [3.05, 3.63) is 5.51 Å². The van der Waals surface area contributed by atoms with Gasteiger partial charge in [-0.3, -0.25) is 10.1 Å². The number of hydrogen-bond donors (Lipinski definition) is 2. The topological polar surface area (TPSA) is 80.9 Å². The van der Waals surface area contributed by atoms with Gasteiger partial charge < -0.3 is 5.73 Å². The Labute approximate surface area is 84.1 Å². The number of anilines is 1. The Hall–Kier alpha value is -0.660. The zero-order valence-electron chi connectivity index (χ0n) is 6.90. The monoisotopic (exact) mass is 218 g/mol. The highest BCUT2D eigenvalue weighted by Crippen LogP contribution is 2.08. The minimum atomic E-state index is -0.0600. The van der Waals surface area contributed by atoms with Gasteiger partial charge in [0, 0.05) is 12.3 Å². The number of rotatable bonds is 5. The van der Waals surface area contributed by atoms with Crippen LogP contribution in [0.15, 0.2) is 5.51 Å². The van der Waals surface area contributed by atoms with Crippen molar-refractivity contribution in [3.8, 4) is 0 Å². The van der Waals surface area contributed by atoms with Gasteiger partial charge in [0.1, 0.15) is 5.51 Å². The fourth-order valence-corrected chi connectivity index (χ4v) is 1.66. The van der Waals surface area contributed by atoms with E-state index in [4.69, 9.17) is 5.73 Å². The summed E-state index contributed by atoms with van der Waals surface area (Å²) in [7, 11) is 0. The minimum absolute atomic E-state index is 0.0600. The Kier molecular flexibility index (Phi) is 4.73. The lowest BCUT2D eigenvalue weighted by Crippen LogP contribution is -2.15. The maximum Gasteiger partial charge on any atom is 0.236 e. The van der Waals surface area contributed by atoms with Gasteiger partial charge in [-0.05, 0) is 0 Å². The van der Waals surface area contributed by atoms with Crippen LogP contribution >= 0.6 is 23.1 Å². The first-order valence-electron chi connectivity index (χ1n) is 3.66. The SMILES string of the molecule is NCCSCC(=O)Nc1nncs1. The van der Waals surface area contributed by atoms with Crippen LogP contribution in [-0.2, 0) is 4.79 Å². The maximum absolute atomic E-state index is 11.2. The van der Waals surface area contributed by atoms with E-state index in [1.54, 1.807) is 5.51 Å². The molecule has 1 aromatic rings. The molecule has 0 spiro atoms. The average molecular weight is 218 g/mol. The molecule has 1 heterocycles. The highest BCUT2D eigenvalue weighted by molar-refractivity contribution is 7.99. The van der Waals surface area contributed by atoms with E-state index in [9.17, 15) is 4.79 Å². The van der Waals surface area contributed by atoms with Crippen LogP contribution in [0.5, 0.6) is 0 Å². The third-order valence-corrected chi connectivity index (χ3v) is 2.70. The van der Waals surface area contributed by atoms with Gasteiger partial charge in [0.25, 0.3) is 0 Å². The first-order valence-corrected chi connectivity index (χ1v) is 5.70. The van der Waals surface area contributed by atoms with Gasteiger partial charge in [-0.2, -0.15) is 11.8 Å². The number of nitrogens with two attached hydrogens (primary N) is 1. The van der Waals surface area contributed by atoms with E-state index in [0.717, 1.165) is 5.75 Å². The lowest BCUT2D eigenvalue weighted by molar-refractivity contribution is -0.113. The zero-order valence-corrected chi connectivity index (χ0v) is 8.53. The normalized spacial score (nSPS) is 9.92. The predicted molar refractivity (Wildman–Crippen MR) is 54.9 cm³/mol. The van der Waals surface area contributed by atoms with Gasteiger partial charge in [0.2, 0.25) is 11.0 Å². The summed E-state index contributed by atoms with van der Waals surface area (Å²) in [4.78, 5) is 11.2. The van der Waals surface area contributed by atoms with Crippen LogP contribution in [0.4, 0.5) is 5.13 Å². The average Bonchev–Trinajstić information content (AvgIpc) is 2.57. The zero-order chi connectivity index (χ0) is 9.52. The number of nitrogens with zero attached hydrogens (tertiary/aromatic N) is 2. The van der Waals surface area contributed by atoms with E-state index in [1.807, 2.05) is 0 Å². The molecule has 72 valence electrons. The molecular formula is C6H10N4OS2. The summed E-state index contributed by atoms with van der Waals surface area (Å²) >= 11 is 2.80. The Morgan fingerprint density at radius 3 is 3.23 bits per heavy atom. The summed E-state index contributed by atoms with van der Waals surface area (Å²) in [5, 5.41) is 10.5. The van der Waals surface area contributed by atoms with Crippen molar-refractivity contribution >= 4 is 34.1 Å². The summed E-state index contributed by atoms with van der Waals surface area (Å²) in [6.45, 7) is 0.594. The van der Waals surface area contributed by atoms with Crippen LogP contribution in [0.25, 0.3) is 0 Å². The van der Waals surface area contributed by atoms with E-state index in [2.05, 4.69) is 15.5 Å². The van der Waals surface area contributed by atoms with Crippen molar-refractivity contribution in [1.82, 2.24) is 10.2 Å². The van der Waals surface area contributed by atoms with Crippen molar-refractivity contribution in [2.75, 3.05) is 23.4 Å². The molecule has 0 atom stereocenters. The van der Waals surface area contributed by atoms with E-state index in [1.165, 1.54) is 23.1 Å². The second-order valence-corrected chi connectivity index (χ2v) is 4.07. The third-order valence-electron chi connectivity index (χ3n) is 1.10. The van der Waals surface area contributed by atoms with Crippen LogP contribution in [0.3, 0.4) is 0 Å². The standard InChI is InChI=1S/C6H10N4OS2/c7-1-2-12-3-5(11)9-6-10-8-4-13-6/h4H,1-3,7H2,(H,9,10,11). The summed E-state index contributed by atoms with van der Waals surface area (Å²) in [6, 6.07) is 0. The second-order valence-electron chi connectivity index (χ2n) is 2.13. The van der Waals surface area contributed by atoms with Gasteiger partial charge in [-0.25, -0.2) is 0 Å². The molecule has 0 aromatic carbocycles. The molecule has 7 heteroatoms. The highest BCUT2D eigenvalue weighted by atomic mass is 32.2. The third kappa shape index (κ3) is 4.20. The van der Waals surface area contributed by atoms with E-state index < -0.39 is 0 Å². The maximum atomic E-state index is 11.2. The van der Waals surface area contributed by atoms with Crippen LogP contribution in [0, 0.1) is 0 Å². The molecule has 0 bridgehead atoms. The van der Waals surface area contributed by atoms with E-state index >= 15 is 0 Å². The van der Waals surface area contributed by atoms with Gasteiger partial charge in [-0.1, -0.05) is 11.3 Å². The summed E-state index contributed by atoms with van der Waals surface area (Å²) in [6.07, 6.45) is 0. The highest BCUT2D eigenvalue weighted by Gasteiger charge is 2.03. The fraction of sp³-hybridized carbons (Fsp3) is 0.500. The molecule has 0 aliphatic heterocycles. The molecular weight excluding hydrogens is 208 g/mol. The molecule has 0 unspecified atom stereocenters.